The normalized spacial score (nSPS) is 11.1. The van der Waals surface area contributed by atoms with Crippen LogP contribution in [0.4, 0.5) is 5.69 Å². The first-order valence-electron chi connectivity index (χ1n) is 10.4. The van der Waals surface area contributed by atoms with Gasteiger partial charge in [-0.05, 0) is 43.7 Å². The molecule has 0 saturated carbocycles. The molecule has 0 saturated heterocycles. The van der Waals surface area contributed by atoms with E-state index >= 15 is 0 Å². The predicted octanol–water partition coefficient (Wildman–Crippen LogP) is 4.30. The highest BCUT2D eigenvalue weighted by molar-refractivity contribution is 7.91. The van der Waals surface area contributed by atoms with E-state index in [9.17, 15) is 13.2 Å². The molecule has 1 amide bonds. The van der Waals surface area contributed by atoms with E-state index in [1.54, 1.807) is 48.3 Å². The Hall–Kier alpha value is -3.32. The van der Waals surface area contributed by atoms with Crippen molar-refractivity contribution in [2.75, 3.05) is 25.5 Å². The van der Waals surface area contributed by atoms with Gasteiger partial charge in [0.1, 0.15) is 5.75 Å². The van der Waals surface area contributed by atoms with Crippen LogP contribution in [0.2, 0.25) is 0 Å². The van der Waals surface area contributed by atoms with Crippen LogP contribution < -0.4 is 10.1 Å². The number of rotatable bonds is 9. The van der Waals surface area contributed by atoms with Crippen LogP contribution in [0.3, 0.4) is 0 Å². The van der Waals surface area contributed by atoms with E-state index in [0.29, 0.717) is 24.6 Å². The van der Waals surface area contributed by atoms with Crippen molar-refractivity contribution in [3.63, 3.8) is 0 Å². The van der Waals surface area contributed by atoms with Gasteiger partial charge in [-0.25, -0.2) is 8.42 Å². The van der Waals surface area contributed by atoms with Crippen molar-refractivity contribution in [3.05, 3.63) is 83.9 Å². The standard InChI is InChI=1S/C25H28N2O4S/c1-4-31-21-12-15-23(24(16-21)32(29,30)22-13-10-19(2)11-14-22)26-17-25(28)27(3)18-20-8-6-5-7-9-20/h5-16,26H,4,17-18H2,1-3H3. The molecule has 6 nitrogen and oxygen atoms in total. The second-order valence-electron chi connectivity index (χ2n) is 7.50. The summed E-state index contributed by atoms with van der Waals surface area (Å²) in [7, 11) is -2.09. The molecule has 0 aliphatic heterocycles. The van der Waals surface area contributed by atoms with E-state index in [1.165, 1.54) is 6.07 Å². The lowest BCUT2D eigenvalue weighted by Gasteiger charge is -2.19. The van der Waals surface area contributed by atoms with Crippen LogP contribution in [0.25, 0.3) is 0 Å². The molecule has 3 aromatic carbocycles. The molecule has 7 heteroatoms. The molecule has 168 valence electrons. The van der Waals surface area contributed by atoms with Gasteiger partial charge in [-0.15, -0.1) is 0 Å². The van der Waals surface area contributed by atoms with Gasteiger partial charge >= 0.3 is 0 Å². The Balaban J connectivity index is 1.83. The Bertz CT molecular complexity index is 1160. The predicted molar refractivity (Wildman–Crippen MR) is 126 cm³/mol. The van der Waals surface area contributed by atoms with Crippen molar-refractivity contribution in [3.8, 4) is 5.75 Å². The monoisotopic (exact) mass is 452 g/mol. The van der Waals surface area contributed by atoms with Crippen LogP contribution in [0, 0.1) is 6.92 Å². The van der Waals surface area contributed by atoms with E-state index in [2.05, 4.69) is 5.32 Å². The number of nitrogens with zero attached hydrogens (tertiary/aromatic N) is 1. The fourth-order valence-corrected chi connectivity index (χ4v) is 4.67. The number of hydrogen-bond donors (Lipinski definition) is 1. The summed E-state index contributed by atoms with van der Waals surface area (Å²) in [6, 6.07) is 21.2. The fourth-order valence-electron chi connectivity index (χ4n) is 3.22. The first-order valence-corrected chi connectivity index (χ1v) is 11.9. The van der Waals surface area contributed by atoms with Gasteiger partial charge in [-0.2, -0.15) is 0 Å². The van der Waals surface area contributed by atoms with Crippen molar-refractivity contribution >= 4 is 21.4 Å². The molecule has 0 aromatic heterocycles. The lowest BCUT2D eigenvalue weighted by atomic mass is 10.2. The molecule has 1 N–H and O–H groups in total. The Kier molecular flexibility index (Phi) is 7.53. The smallest absolute Gasteiger partial charge is 0.241 e. The molecular formula is C25H28N2O4S. The quantitative estimate of drug-likeness (QED) is 0.524. The maximum absolute atomic E-state index is 13.4. The molecule has 0 atom stereocenters. The molecule has 0 unspecified atom stereocenters. The zero-order valence-electron chi connectivity index (χ0n) is 18.5. The molecule has 0 fully saturated rings. The number of carbonyl (C=O) groups is 1. The molecule has 0 aliphatic rings. The second kappa shape index (κ2) is 10.3. The number of carbonyl (C=O) groups excluding carboxylic acids is 1. The van der Waals surface area contributed by atoms with E-state index in [0.717, 1.165) is 11.1 Å². The summed E-state index contributed by atoms with van der Waals surface area (Å²) in [6.07, 6.45) is 0. The molecule has 0 aliphatic carbocycles. The Labute approximate surface area is 189 Å². The van der Waals surface area contributed by atoms with E-state index in [1.807, 2.05) is 44.2 Å². The maximum Gasteiger partial charge on any atom is 0.241 e. The molecule has 3 rings (SSSR count). The number of hydrogen-bond acceptors (Lipinski definition) is 5. The van der Waals surface area contributed by atoms with Crippen molar-refractivity contribution in [2.45, 2.75) is 30.2 Å². The average molecular weight is 453 g/mol. The number of nitrogens with one attached hydrogen (secondary N) is 1. The molecule has 0 heterocycles. The summed E-state index contributed by atoms with van der Waals surface area (Å²) in [6.45, 7) is 4.59. The topological polar surface area (TPSA) is 75.7 Å². The molecule has 0 bridgehead atoms. The van der Waals surface area contributed by atoms with Crippen LogP contribution in [0.15, 0.2) is 82.6 Å². The zero-order valence-corrected chi connectivity index (χ0v) is 19.4. The minimum absolute atomic E-state index is 0.0340. The number of anilines is 1. The van der Waals surface area contributed by atoms with Crippen LogP contribution in [0.5, 0.6) is 5.75 Å². The SMILES string of the molecule is CCOc1ccc(NCC(=O)N(C)Cc2ccccc2)c(S(=O)(=O)c2ccc(C)cc2)c1. The van der Waals surface area contributed by atoms with Gasteiger partial charge in [-0.1, -0.05) is 48.0 Å². The van der Waals surface area contributed by atoms with Gasteiger partial charge in [0.15, 0.2) is 0 Å². The van der Waals surface area contributed by atoms with Crippen LogP contribution >= 0.6 is 0 Å². The number of likely N-dealkylation sites (N-methyl/N-ethyl adjacent to an activating group) is 1. The van der Waals surface area contributed by atoms with E-state index in [4.69, 9.17) is 4.74 Å². The van der Waals surface area contributed by atoms with E-state index < -0.39 is 9.84 Å². The molecule has 0 spiro atoms. The Morgan fingerprint density at radius 2 is 1.69 bits per heavy atom. The fraction of sp³-hybridized carbons (Fsp3) is 0.240. The van der Waals surface area contributed by atoms with E-state index in [-0.39, 0.29) is 22.2 Å². The van der Waals surface area contributed by atoms with Gasteiger partial charge in [-0.3, -0.25) is 4.79 Å². The summed E-state index contributed by atoms with van der Waals surface area (Å²) in [5.74, 6) is 0.303. The summed E-state index contributed by atoms with van der Waals surface area (Å²) in [5, 5.41) is 3.01. The van der Waals surface area contributed by atoms with Gasteiger partial charge in [0.05, 0.1) is 28.6 Å². The van der Waals surface area contributed by atoms with Gasteiger partial charge < -0.3 is 15.0 Å². The van der Waals surface area contributed by atoms with Gasteiger partial charge in [0.2, 0.25) is 15.7 Å². The number of benzene rings is 3. The largest absolute Gasteiger partial charge is 0.494 e. The van der Waals surface area contributed by atoms with Crippen molar-refractivity contribution in [2.24, 2.45) is 0 Å². The van der Waals surface area contributed by atoms with Crippen LogP contribution in [-0.2, 0) is 21.2 Å². The van der Waals surface area contributed by atoms with Gasteiger partial charge in [0, 0.05) is 19.7 Å². The molecule has 3 aromatic rings. The summed E-state index contributed by atoms with van der Waals surface area (Å²) in [4.78, 5) is 14.5. The minimum atomic E-state index is -3.81. The third-order valence-corrected chi connectivity index (χ3v) is 6.81. The van der Waals surface area contributed by atoms with Crippen molar-refractivity contribution < 1.29 is 17.9 Å². The molecule has 0 radical (unpaired) electrons. The zero-order chi connectivity index (χ0) is 23.1. The number of sulfone groups is 1. The van der Waals surface area contributed by atoms with Gasteiger partial charge in [0.25, 0.3) is 0 Å². The Morgan fingerprint density at radius 3 is 2.34 bits per heavy atom. The third-order valence-electron chi connectivity index (χ3n) is 5.00. The molecular weight excluding hydrogens is 424 g/mol. The highest BCUT2D eigenvalue weighted by Crippen LogP contribution is 2.31. The highest BCUT2D eigenvalue weighted by Gasteiger charge is 2.23. The number of amides is 1. The van der Waals surface area contributed by atoms with Crippen LogP contribution in [0.1, 0.15) is 18.1 Å². The summed E-state index contributed by atoms with van der Waals surface area (Å²) in [5.41, 5.74) is 2.35. The number of ether oxygens (including phenoxy) is 1. The maximum atomic E-state index is 13.4. The first-order chi connectivity index (χ1) is 15.3. The van der Waals surface area contributed by atoms with Crippen LogP contribution in [-0.4, -0.2) is 39.4 Å². The highest BCUT2D eigenvalue weighted by atomic mass is 32.2. The lowest BCUT2D eigenvalue weighted by Crippen LogP contribution is -2.32. The van der Waals surface area contributed by atoms with Crippen molar-refractivity contribution in [1.82, 2.24) is 4.90 Å². The Morgan fingerprint density at radius 1 is 1.00 bits per heavy atom. The average Bonchev–Trinajstić information content (AvgIpc) is 2.79. The number of aryl methyl sites for hydroxylation is 1. The van der Waals surface area contributed by atoms with Crippen molar-refractivity contribution in [1.29, 1.82) is 0 Å². The minimum Gasteiger partial charge on any atom is -0.494 e. The summed E-state index contributed by atoms with van der Waals surface area (Å²) >= 11 is 0. The summed E-state index contributed by atoms with van der Waals surface area (Å²) < 4.78 is 32.2. The first kappa shape index (κ1) is 23.3. The third kappa shape index (κ3) is 5.68. The molecule has 32 heavy (non-hydrogen) atoms. The second-order valence-corrected chi connectivity index (χ2v) is 9.41. The lowest BCUT2D eigenvalue weighted by molar-refractivity contribution is -0.128.